The van der Waals surface area contributed by atoms with Crippen molar-refractivity contribution in [3.05, 3.63) is 0 Å². The Morgan fingerprint density at radius 2 is 2.00 bits per heavy atom. The molecule has 0 unspecified atom stereocenters. The maximum atomic E-state index is 9.05. The van der Waals surface area contributed by atoms with Crippen molar-refractivity contribution in [1.29, 1.82) is 0 Å². The van der Waals surface area contributed by atoms with E-state index in [1.165, 1.54) is 0 Å². The zero-order valence-electron chi connectivity index (χ0n) is 5.65. The molecule has 0 rings (SSSR count). The number of hydrogen-bond donors (Lipinski definition) is 1. The highest BCUT2D eigenvalue weighted by molar-refractivity contribution is 4.98. The predicted octanol–water partition coefficient (Wildman–Crippen LogP) is 1.17. The van der Waals surface area contributed by atoms with E-state index in [4.69, 9.17) is 5.11 Å². The molecule has 0 saturated heterocycles. The zero-order valence-corrected chi connectivity index (χ0v) is 5.65. The summed E-state index contributed by atoms with van der Waals surface area (Å²) in [5, 5.41) is 9.05. The standard InChI is InChI=1S/C7H12O/c1-4-5-6-7(2,3)8/h8H,6H2,1-3H3. The van der Waals surface area contributed by atoms with Crippen LogP contribution in [0.5, 0.6) is 0 Å². The molecule has 0 aliphatic carbocycles. The Morgan fingerprint density at radius 3 is 2.12 bits per heavy atom. The van der Waals surface area contributed by atoms with Crippen LogP contribution in [-0.4, -0.2) is 10.7 Å². The lowest BCUT2D eigenvalue weighted by atomic mass is 10.1. The van der Waals surface area contributed by atoms with Crippen LogP contribution in [0, 0.1) is 11.8 Å². The Kier molecular flexibility index (Phi) is 2.57. The van der Waals surface area contributed by atoms with Crippen molar-refractivity contribution in [2.75, 3.05) is 0 Å². The molecule has 0 amide bonds. The molecule has 0 saturated carbocycles. The first kappa shape index (κ1) is 7.52. The third-order valence-electron chi connectivity index (χ3n) is 0.698. The maximum Gasteiger partial charge on any atom is 0.0700 e. The van der Waals surface area contributed by atoms with Gasteiger partial charge in [-0.25, -0.2) is 0 Å². The Bertz CT molecular complexity index is 109. The molecule has 0 aromatic rings. The molecule has 0 aliphatic heterocycles. The molecule has 8 heavy (non-hydrogen) atoms. The van der Waals surface area contributed by atoms with Crippen molar-refractivity contribution < 1.29 is 5.11 Å². The Balaban J connectivity index is 3.50. The summed E-state index contributed by atoms with van der Waals surface area (Å²) < 4.78 is 0. The van der Waals surface area contributed by atoms with Gasteiger partial charge in [-0.2, -0.15) is 0 Å². The second-order valence-electron chi connectivity index (χ2n) is 2.42. The van der Waals surface area contributed by atoms with Crippen LogP contribution in [0.25, 0.3) is 0 Å². The number of rotatable bonds is 1. The van der Waals surface area contributed by atoms with E-state index in [0.717, 1.165) is 0 Å². The molecule has 1 N–H and O–H groups in total. The maximum absolute atomic E-state index is 9.05. The molecule has 0 heterocycles. The summed E-state index contributed by atoms with van der Waals surface area (Å²) in [4.78, 5) is 0. The van der Waals surface area contributed by atoms with Crippen LogP contribution in [0.15, 0.2) is 0 Å². The molecular formula is C7H12O. The first-order valence-corrected chi connectivity index (χ1v) is 2.68. The van der Waals surface area contributed by atoms with E-state index in [-0.39, 0.29) is 0 Å². The second-order valence-corrected chi connectivity index (χ2v) is 2.42. The smallest absolute Gasteiger partial charge is 0.0700 e. The quantitative estimate of drug-likeness (QED) is 0.505. The van der Waals surface area contributed by atoms with Gasteiger partial charge in [0.05, 0.1) is 5.60 Å². The summed E-state index contributed by atoms with van der Waals surface area (Å²) in [5.41, 5.74) is -0.622. The van der Waals surface area contributed by atoms with E-state index in [1.54, 1.807) is 20.8 Å². The fourth-order valence-electron chi connectivity index (χ4n) is 0.305. The van der Waals surface area contributed by atoms with Crippen LogP contribution in [0.3, 0.4) is 0 Å². The zero-order chi connectivity index (χ0) is 6.62. The molecule has 46 valence electrons. The minimum absolute atomic E-state index is 0.559. The highest BCUT2D eigenvalue weighted by atomic mass is 16.3. The normalized spacial score (nSPS) is 10.0. The van der Waals surface area contributed by atoms with E-state index < -0.39 is 5.60 Å². The Labute approximate surface area is 50.7 Å². The van der Waals surface area contributed by atoms with Gasteiger partial charge in [0.15, 0.2) is 0 Å². The average molecular weight is 112 g/mol. The summed E-state index contributed by atoms with van der Waals surface area (Å²) >= 11 is 0. The number of hydrogen-bond acceptors (Lipinski definition) is 1. The number of aliphatic hydroxyl groups is 1. The minimum Gasteiger partial charge on any atom is -0.389 e. The highest BCUT2D eigenvalue weighted by Crippen LogP contribution is 2.04. The van der Waals surface area contributed by atoms with E-state index in [1.807, 2.05) is 0 Å². The van der Waals surface area contributed by atoms with Gasteiger partial charge < -0.3 is 5.11 Å². The van der Waals surface area contributed by atoms with Crippen molar-refractivity contribution in [2.45, 2.75) is 32.8 Å². The summed E-state index contributed by atoms with van der Waals surface area (Å²) in [6, 6.07) is 0. The second kappa shape index (κ2) is 2.74. The SMILES string of the molecule is CC#CCC(C)(C)O. The molecular weight excluding hydrogens is 100 g/mol. The first-order valence-electron chi connectivity index (χ1n) is 2.68. The van der Waals surface area contributed by atoms with Crippen LogP contribution in [0.4, 0.5) is 0 Å². The topological polar surface area (TPSA) is 20.2 Å². The van der Waals surface area contributed by atoms with Gasteiger partial charge in [-0.15, -0.1) is 11.8 Å². The van der Waals surface area contributed by atoms with E-state index in [0.29, 0.717) is 6.42 Å². The lowest BCUT2D eigenvalue weighted by Crippen LogP contribution is -2.16. The molecule has 0 atom stereocenters. The van der Waals surface area contributed by atoms with E-state index in [9.17, 15) is 0 Å². The van der Waals surface area contributed by atoms with Crippen LogP contribution < -0.4 is 0 Å². The Morgan fingerprint density at radius 1 is 1.50 bits per heavy atom. The highest BCUT2D eigenvalue weighted by Gasteiger charge is 2.08. The molecule has 0 spiro atoms. The van der Waals surface area contributed by atoms with Gasteiger partial charge in [-0.1, -0.05) is 0 Å². The molecule has 0 aromatic heterocycles. The van der Waals surface area contributed by atoms with Gasteiger partial charge in [0.2, 0.25) is 0 Å². The monoisotopic (exact) mass is 112 g/mol. The van der Waals surface area contributed by atoms with Crippen molar-refractivity contribution in [3.8, 4) is 11.8 Å². The van der Waals surface area contributed by atoms with Gasteiger partial charge in [-0.05, 0) is 20.8 Å². The van der Waals surface area contributed by atoms with Crippen molar-refractivity contribution in [2.24, 2.45) is 0 Å². The third kappa shape index (κ3) is 5.52. The van der Waals surface area contributed by atoms with Gasteiger partial charge in [0.1, 0.15) is 0 Å². The van der Waals surface area contributed by atoms with Gasteiger partial charge in [-0.3, -0.25) is 0 Å². The fourth-order valence-corrected chi connectivity index (χ4v) is 0.305. The third-order valence-corrected chi connectivity index (χ3v) is 0.698. The van der Waals surface area contributed by atoms with Crippen LogP contribution in [0.1, 0.15) is 27.2 Å². The average Bonchev–Trinajstić information content (AvgIpc) is 1.59. The van der Waals surface area contributed by atoms with E-state index in [2.05, 4.69) is 11.8 Å². The fraction of sp³-hybridized carbons (Fsp3) is 0.714. The van der Waals surface area contributed by atoms with Gasteiger partial charge in [0, 0.05) is 6.42 Å². The lowest BCUT2D eigenvalue weighted by Gasteiger charge is -2.11. The van der Waals surface area contributed by atoms with Crippen molar-refractivity contribution >= 4 is 0 Å². The molecule has 1 nitrogen and oxygen atoms in total. The summed E-state index contributed by atoms with van der Waals surface area (Å²) in [6.45, 7) is 5.26. The van der Waals surface area contributed by atoms with Crippen LogP contribution >= 0.6 is 0 Å². The van der Waals surface area contributed by atoms with E-state index >= 15 is 0 Å². The molecule has 0 bridgehead atoms. The van der Waals surface area contributed by atoms with Crippen molar-refractivity contribution in [1.82, 2.24) is 0 Å². The summed E-state index contributed by atoms with van der Waals surface area (Å²) in [5.74, 6) is 5.50. The molecule has 0 aromatic carbocycles. The molecule has 0 fully saturated rings. The molecule has 0 aliphatic rings. The Hall–Kier alpha value is -0.480. The molecule has 0 radical (unpaired) electrons. The lowest BCUT2D eigenvalue weighted by molar-refractivity contribution is 0.0862. The largest absolute Gasteiger partial charge is 0.389 e. The van der Waals surface area contributed by atoms with Crippen LogP contribution in [0.2, 0.25) is 0 Å². The summed E-state index contributed by atoms with van der Waals surface area (Å²) in [6.07, 6.45) is 0.559. The van der Waals surface area contributed by atoms with Crippen LogP contribution in [-0.2, 0) is 0 Å². The predicted molar refractivity (Wildman–Crippen MR) is 34.4 cm³/mol. The first-order chi connectivity index (χ1) is 3.56. The molecule has 1 heteroatoms. The van der Waals surface area contributed by atoms with Crippen molar-refractivity contribution in [3.63, 3.8) is 0 Å². The van der Waals surface area contributed by atoms with Gasteiger partial charge >= 0.3 is 0 Å². The minimum atomic E-state index is -0.622. The summed E-state index contributed by atoms with van der Waals surface area (Å²) in [7, 11) is 0. The van der Waals surface area contributed by atoms with Gasteiger partial charge in [0.25, 0.3) is 0 Å².